The van der Waals surface area contributed by atoms with E-state index in [-0.39, 0.29) is 10.7 Å². The molecule has 0 aromatic heterocycles. The van der Waals surface area contributed by atoms with Crippen molar-refractivity contribution in [2.24, 2.45) is 5.41 Å². The third kappa shape index (κ3) is 2.69. The SMILES string of the molecule is CCC(C)S(=O)(=O)CC1(CBr)CC1. The van der Waals surface area contributed by atoms with Crippen molar-refractivity contribution >= 4 is 25.8 Å². The standard InChI is InChI=1S/C9H17BrO2S/c1-3-8(2)13(11,12)7-9(6-10)4-5-9/h8H,3-7H2,1-2H3. The maximum absolute atomic E-state index is 11.8. The van der Waals surface area contributed by atoms with Crippen LogP contribution in [0.25, 0.3) is 0 Å². The van der Waals surface area contributed by atoms with Crippen molar-refractivity contribution in [3.8, 4) is 0 Å². The van der Waals surface area contributed by atoms with Gasteiger partial charge in [0.15, 0.2) is 9.84 Å². The molecule has 0 N–H and O–H groups in total. The first-order valence-electron chi connectivity index (χ1n) is 4.73. The predicted molar refractivity (Wildman–Crippen MR) is 59.0 cm³/mol. The molecule has 1 fully saturated rings. The van der Waals surface area contributed by atoms with E-state index in [1.165, 1.54) is 0 Å². The predicted octanol–water partition coefficient (Wildman–Crippen LogP) is 2.37. The van der Waals surface area contributed by atoms with Gasteiger partial charge < -0.3 is 0 Å². The van der Waals surface area contributed by atoms with E-state index in [9.17, 15) is 8.42 Å². The highest BCUT2D eigenvalue weighted by Crippen LogP contribution is 2.48. The van der Waals surface area contributed by atoms with Gasteiger partial charge in [0.2, 0.25) is 0 Å². The van der Waals surface area contributed by atoms with Crippen LogP contribution < -0.4 is 0 Å². The molecule has 2 nitrogen and oxygen atoms in total. The molecule has 13 heavy (non-hydrogen) atoms. The normalized spacial score (nSPS) is 22.7. The Kier molecular flexibility index (Phi) is 3.44. The van der Waals surface area contributed by atoms with Crippen LogP contribution in [0.3, 0.4) is 0 Å². The summed E-state index contributed by atoms with van der Waals surface area (Å²) in [6.45, 7) is 3.73. The second-order valence-corrected chi connectivity index (χ2v) is 7.14. The Morgan fingerprint density at radius 2 is 2.00 bits per heavy atom. The van der Waals surface area contributed by atoms with E-state index in [0.717, 1.165) is 24.6 Å². The third-order valence-electron chi connectivity index (χ3n) is 2.94. The maximum atomic E-state index is 11.8. The van der Waals surface area contributed by atoms with Crippen molar-refractivity contribution in [2.75, 3.05) is 11.1 Å². The highest BCUT2D eigenvalue weighted by Gasteiger charge is 2.45. The number of rotatable bonds is 5. The average Bonchev–Trinajstić information content (AvgIpc) is 2.83. The van der Waals surface area contributed by atoms with Gasteiger partial charge in [0, 0.05) is 5.33 Å². The van der Waals surface area contributed by atoms with Crippen molar-refractivity contribution in [1.82, 2.24) is 0 Å². The number of sulfone groups is 1. The molecule has 0 spiro atoms. The van der Waals surface area contributed by atoms with Crippen LogP contribution in [0, 0.1) is 5.41 Å². The second kappa shape index (κ2) is 3.89. The van der Waals surface area contributed by atoms with Gasteiger partial charge >= 0.3 is 0 Å². The van der Waals surface area contributed by atoms with Gasteiger partial charge in [-0.3, -0.25) is 0 Å². The zero-order valence-corrected chi connectivity index (χ0v) is 10.6. The molecule has 0 aromatic carbocycles. The zero-order valence-electron chi connectivity index (χ0n) is 8.22. The van der Waals surface area contributed by atoms with E-state index in [2.05, 4.69) is 15.9 Å². The third-order valence-corrected chi connectivity index (χ3v) is 6.70. The number of halogens is 1. The van der Waals surface area contributed by atoms with Gasteiger partial charge in [-0.2, -0.15) is 0 Å². The fourth-order valence-corrected chi connectivity index (χ4v) is 4.37. The zero-order chi connectivity index (χ0) is 10.1. The summed E-state index contributed by atoms with van der Waals surface area (Å²) in [5.41, 5.74) is 0.0856. The van der Waals surface area contributed by atoms with E-state index in [1.807, 2.05) is 6.92 Å². The topological polar surface area (TPSA) is 34.1 Å². The van der Waals surface area contributed by atoms with Crippen LogP contribution in [0.2, 0.25) is 0 Å². The summed E-state index contributed by atoms with van der Waals surface area (Å²) in [5, 5.41) is 0.652. The molecule has 0 aromatic rings. The minimum Gasteiger partial charge on any atom is -0.229 e. The molecule has 1 unspecified atom stereocenters. The van der Waals surface area contributed by atoms with Crippen LogP contribution in [-0.2, 0) is 9.84 Å². The highest BCUT2D eigenvalue weighted by atomic mass is 79.9. The van der Waals surface area contributed by atoms with E-state index < -0.39 is 9.84 Å². The summed E-state index contributed by atoms with van der Waals surface area (Å²) >= 11 is 3.39. The van der Waals surface area contributed by atoms with Gasteiger partial charge in [-0.05, 0) is 31.6 Å². The highest BCUT2D eigenvalue weighted by molar-refractivity contribution is 9.09. The quantitative estimate of drug-likeness (QED) is 0.718. The lowest BCUT2D eigenvalue weighted by Crippen LogP contribution is -2.26. The van der Waals surface area contributed by atoms with E-state index in [0.29, 0.717) is 5.75 Å². The molecule has 1 atom stereocenters. The Morgan fingerprint density at radius 3 is 2.31 bits per heavy atom. The summed E-state index contributed by atoms with van der Waals surface area (Å²) in [4.78, 5) is 0. The molecule has 1 aliphatic rings. The minimum atomic E-state index is -2.85. The van der Waals surface area contributed by atoms with E-state index >= 15 is 0 Å². The summed E-state index contributed by atoms with van der Waals surface area (Å²) in [6, 6.07) is 0. The van der Waals surface area contributed by atoms with E-state index in [4.69, 9.17) is 0 Å². The van der Waals surface area contributed by atoms with Crippen LogP contribution >= 0.6 is 15.9 Å². The van der Waals surface area contributed by atoms with Crippen LogP contribution in [-0.4, -0.2) is 24.8 Å². The fraction of sp³-hybridized carbons (Fsp3) is 1.00. The Hall–Kier alpha value is 0.430. The lowest BCUT2D eigenvalue weighted by Gasteiger charge is -2.15. The first kappa shape index (κ1) is 11.5. The van der Waals surface area contributed by atoms with Gasteiger partial charge in [-0.1, -0.05) is 22.9 Å². The molecule has 0 saturated heterocycles. The fourth-order valence-electron chi connectivity index (χ4n) is 1.32. The first-order valence-corrected chi connectivity index (χ1v) is 7.57. The average molecular weight is 269 g/mol. The van der Waals surface area contributed by atoms with Crippen molar-refractivity contribution in [1.29, 1.82) is 0 Å². The van der Waals surface area contributed by atoms with Gasteiger partial charge in [0.05, 0.1) is 11.0 Å². The molecule has 1 saturated carbocycles. The van der Waals surface area contributed by atoms with Crippen LogP contribution in [0.1, 0.15) is 33.1 Å². The van der Waals surface area contributed by atoms with Crippen molar-refractivity contribution < 1.29 is 8.42 Å². The number of hydrogen-bond donors (Lipinski definition) is 0. The molecule has 4 heteroatoms. The lowest BCUT2D eigenvalue weighted by molar-refractivity contribution is 0.558. The largest absolute Gasteiger partial charge is 0.229 e. The summed E-state index contributed by atoms with van der Waals surface area (Å²) in [6.07, 6.45) is 2.85. The minimum absolute atomic E-state index is 0.0856. The van der Waals surface area contributed by atoms with Gasteiger partial charge in [0.1, 0.15) is 0 Å². The molecule has 78 valence electrons. The summed E-state index contributed by atoms with van der Waals surface area (Å²) in [7, 11) is -2.85. The van der Waals surface area contributed by atoms with Gasteiger partial charge in [-0.25, -0.2) is 8.42 Å². The first-order chi connectivity index (χ1) is 5.96. The van der Waals surface area contributed by atoms with Crippen LogP contribution in [0.4, 0.5) is 0 Å². The molecule has 1 aliphatic carbocycles. The Balaban J connectivity index is 2.62. The smallest absolute Gasteiger partial charge is 0.153 e. The number of hydrogen-bond acceptors (Lipinski definition) is 2. The molecular weight excluding hydrogens is 252 g/mol. The van der Waals surface area contributed by atoms with Crippen LogP contribution in [0.5, 0.6) is 0 Å². The Bertz CT molecular complexity index is 267. The van der Waals surface area contributed by atoms with Crippen molar-refractivity contribution in [3.05, 3.63) is 0 Å². The van der Waals surface area contributed by atoms with Crippen LogP contribution in [0.15, 0.2) is 0 Å². The molecular formula is C9H17BrO2S. The van der Waals surface area contributed by atoms with Crippen molar-refractivity contribution in [2.45, 2.75) is 38.4 Å². The summed E-state index contributed by atoms with van der Waals surface area (Å²) < 4.78 is 23.5. The number of alkyl halides is 1. The molecule has 0 aliphatic heterocycles. The molecule has 1 rings (SSSR count). The van der Waals surface area contributed by atoms with Gasteiger partial charge in [0.25, 0.3) is 0 Å². The van der Waals surface area contributed by atoms with E-state index in [1.54, 1.807) is 6.92 Å². The summed E-state index contributed by atoms with van der Waals surface area (Å²) in [5.74, 6) is 0.375. The Labute approximate surface area is 89.1 Å². The van der Waals surface area contributed by atoms with Crippen molar-refractivity contribution in [3.63, 3.8) is 0 Å². The molecule has 0 amide bonds. The molecule has 0 radical (unpaired) electrons. The lowest BCUT2D eigenvalue weighted by atomic mass is 10.2. The molecule has 0 heterocycles. The second-order valence-electron chi connectivity index (χ2n) is 4.16. The van der Waals surface area contributed by atoms with Gasteiger partial charge in [-0.15, -0.1) is 0 Å². The Morgan fingerprint density at radius 1 is 1.46 bits per heavy atom. The monoisotopic (exact) mass is 268 g/mol. The maximum Gasteiger partial charge on any atom is 0.153 e. The molecule has 0 bridgehead atoms.